The van der Waals surface area contributed by atoms with Gasteiger partial charge in [-0.05, 0) is 65.8 Å². The Kier molecular flexibility index (Phi) is 7.11. The predicted octanol–water partition coefficient (Wildman–Crippen LogP) is 4.66. The minimum Gasteiger partial charge on any atom is -0.334 e. The Balaban J connectivity index is 1.55. The van der Waals surface area contributed by atoms with Gasteiger partial charge < -0.3 is 4.57 Å². The Morgan fingerprint density at radius 2 is 1.78 bits per heavy atom. The van der Waals surface area contributed by atoms with Crippen LogP contribution in [0.2, 0.25) is 0 Å². The lowest BCUT2D eigenvalue weighted by atomic mass is 10.00. The number of tetrazole rings is 1. The van der Waals surface area contributed by atoms with Crippen LogP contribution in [0.5, 0.6) is 0 Å². The molecular weight excluding hydrogens is 464 g/mol. The molecule has 0 atom stereocenters. The van der Waals surface area contributed by atoms with Crippen molar-refractivity contribution >= 4 is 0 Å². The number of nitrogens with one attached hydrogen (secondary N) is 1. The summed E-state index contributed by atoms with van der Waals surface area (Å²) in [6.07, 6.45) is 11.6. The monoisotopic (exact) mass is 496 g/mol. The third-order valence-electron chi connectivity index (χ3n) is 6.84. The van der Waals surface area contributed by atoms with E-state index < -0.39 is 0 Å². The summed E-state index contributed by atoms with van der Waals surface area (Å²) in [5, 5.41) is 14.2. The van der Waals surface area contributed by atoms with Gasteiger partial charge in [0, 0.05) is 42.6 Å². The molecule has 0 saturated carbocycles. The molecule has 0 fully saturated rings. The highest BCUT2D eigenvalue weighted by Gasteiger charge is 2.19. The first-order chi connectivity index (χ1) is 18.1. The zero-order valence-corrected chi connectivity index (χ0v) is 21.6. The first-order valence-electron chi connectivity index (χ1n) is 12.9. The number of hydrogen-bond acceptors (Lipinski definition) is 5. The van der Waals surface area contributed by atoms with Crippen molar-refractivity contribution in [3.05, 3.63) is 88.5 Å². The van der Waals surface area contributed by atoms with Crippen LogP contribution in [0.15, 0.2) is 66.0 Å². The van der Waals surface area contributed by atoms with Crippen LogP contribution in [0.25, 0.3) is 28.3 Å². The quantitative estimate of drug-likeness (QED) is 0.303. The number of aromatic nitrogens is 8. The highest BCUT2D eigenvalue weighted by molar-refractivity contribution is 5.70. The minimum atomic E-state index is -0.0172. The molecule has 0 amide bonds. The third kappa shape index (κ3) is 4.76. The molecule has 190 valence electrons. The molecule has 0 spiro atoms. The highest BCUT2D eigenvalue weighted by Crippen LogP contribution is 2.27. The number of H-pyrrole nitrogens is 1. The first kappa shape index (κ1) is 24.4. The fourth-order valence-corrected chi connectivity index (χ4v) is 4.83. The SMILES string of the molecule is CCCCc1cn(-c2c(CC)ccn2CC)c(=O)n1Cc1cnccc1-c1ccc(-c2nn[nH]n2)cc1. The topological polar surface area (TPSA) is 99.2 Å². The lowest BCUT2D eigenvalue weighted by Crippen LogP contribution is -2.26. The van der Waals surface area contributed by atoms with Crippen molar-refractivity contribution in [1.82, 2.24) is 39.3 Å². The van der Waals surface area contributed by atoms with E-state index in [2.05, 4.69) is 63.2 Å². The standard InChI is InChI=1S/C28H32N8O/c1-4-7-8-24-19-36(27-20(5-2)14-16-34(27)6-3)28(37)35(24)18-23-17-29-15-13-25(23)21-9-11-22(12-10-21)26-30-32-33-31-26/h9-17,19H,4-8,18H2,1-3H3,(H,30,31,32,33). The number of aromatic amines is 1. The number of benzene rings is 1. The summed E-state index contributed by atoms with van der Waals surface area (Å²) in [5.41, 5.74) is 6.16. The predicted molar refractivity (Wildman–Crippen MR) is 144 cm³/mol. The number of unbranched alkanes of at least 4 members (excludes halogenated alkanes) is 1. The second-order valence-electron chi connectivity index (χ2n) is 9.11. The maximum Gasteiger partial charge on any atom is 0.334 e. The zero-order valence-electron chi connectivity index (χ0n) is 21.6. The average Bonchev–Trinajstić information content (AvgIpc) is 3.68. The molecule has 1 aromatic carbocycles. The van der Waals surface area contributed by atoms with Crippen LogP contribution in [-0.4, -0.2) is 39.3 Å². The summed E-state index contributed by atoms with van der Waals surface area (Å²) in [6, 6.07) is 12.2. The van der Waals surface area contributed by atoms with Gasteiger partial charge in [-0.25, -0.2) is 4.79 Å². The third-order valence-corrected chi connectivity index (χ3v) is 6.84. The Morgan fingerprint density at radius 1 is 0.973 bits per heavy atom. The molecule has 9 nitrogen and oxygen atoms in total. The molecule has 1 N–H and O–H groups in total. The van der Waals surface area contributed by atoms with Crippen molar-refractivity contribution < 1.29 is 0 Å². The molecule has 4 heterocycles. The lowest BCUT2D eigenvalue weighted by Gasteiger charge is -2.12. The molecule has 0 aliphatic rings. The number of nitrogens with zero attached hydrogens (tertiary/aromatic N) is 7. The van der Waals surface area contributed by atoms with Crippen molar-refractivity contribution in [2.24, 2.45) is 0 Å². The molecule has 0 aliphatic heterocycles. The van der Waals surface area contributed by atoms with Crippen molar-refractivity contribution in [3.63, 3.8) is 0 Å². The smallest absolute Gasteiger partial charge is 0.334 e. The molecule has 9 heteroatoms. The van der Waals surface area contributed by atoms with E-state index in [1.807, 2.05) is 51.9 Å². The summed E-state index contributed by atoms with van der Waals surface area (Å²) >= 11 is 0. The number of pyridine rings is 1. The fraction of sp³-hybridized carbons (Fsp3) is 0.321. The summed E-state index contributed by atoms with van der Waals surface area (Å²) in [7, 11) is 0. The van der Waals surface area contributed by atoms with Gasteiger partial charge in [0.2, 0.25) is 5.82 Å². The Hall–Kier alpha value is -4.27. The Labute approximate surface area is 215 Å². The lowest BCUT2D eigenvalue weighted by molar-refractivity contribution is 0.663. The van der Waals surface area contributed by atoms with Crippen LogP contribution in [0, 0.1) is 0 Å². The molecule has 0 bridgehead atoms. The van der Waals surface area contributed by atoms with E-state index in [4.69, 9.17) is 0 Å². The number of aryl methyl sites for hydroxylation is 3. The largest absolute Gasteiger partial charge is 0.334 e. The van der Waals surface area contributed by atoms with Crippen LogP contribution in [0.3, 0.4) is 0 Å². The summed E-state index contributed by atoms with van der Waals surface area (Å²) in [6.45, 7) is 7.67. The fourth-order valence-electron chi connectivity index (χ4n) is 4.83. The second-order valence-corrected chi connectivity index (χ2v) is 9.11. The maximum absolute atomic E-state index is 13.9. The van der Waals surface area contributed by atoms with Gasteiger partial charge in [-0.15, -0.1) is 10.2 Å². The van der Waals surface area contributed by atoms with E-state index in [1.54, 1.807) is 6.20 Å². The number of hydrogen-bond donors (Lipinski definition) is 1. The Morgan fingerprint density at radius 3 is 2.49 bits per heavy atom. The molecule has 4 aromatic heterocycles. The van der Waals surface area contributed by atoms with Gasteiger partial charge >= 0.3 is 5.69 Å². The van der Waals surface area contributed by atoms with Gasteiger partial charge in [-0.1, -0.05) is 44.5 Å². The van der Waals surface area contributed by atoms with Crippen LogP contribution in [-0.2, 0) is 25.9 Å². The van der Waals surface area contributed by atoms with Gasteiger partial charge in [0.05, 0.1) is 6.54 Å². The molecule has 37 heavy (non-hydrogen) atoms. The van der Waals surface area contributed by atoms with Gasteiger partial charge in [-0.2, -0.15) is 5.21 Å². The molecule has 0 aliphatic carbocycles. The van der Waals surface area contributed by atoms with E-state index in [-0.39, 0.29) is 5.69 Å². The van der Waals surface area contributed by atoms with Crippen molar-refractivity contribution in [1.29, 1.82) is 0 Å². The molecule has 0 saturated heterocycles. The van der Waals surface area contributed by atoms with Crippen LogP contribution >= 0.6 is 0 Å². The molecule has 5 rings (SSSR count). The van der Waals surface area contributed by atoms with E-state index in [9.17, 15) is 4.79 Å². The highest BCUT2D eigenvalue weighted by atomic mass is 16.1. The van der Waals surface area contributed by atoms with Crippen LogP contribution in [0.1, 0.15) is 50.4 Å². The average molecular weight is 497 g/mol. The number of rotatable bonds is 10. The van der Waals surface area contributed by atoms with Crippen molar-refractivity contribution in [2.75, 3.05) is 0 Å². The second kappa shape index (κ2) is 10.8. The normalized spacial score (nSPS) is 11.3. The van der Waals surface area contributed by atoms with Gasteiger partial charge in [0.15, 0.2) is 0 Å². The minimum absolute atomic E-state index is 0.0172. The van der Waals surface area contributed by atoms with E-state index in [1.165, 1.54) is 5.56 Å². The molecule has 0 radical (unpaired) electrons. The zero-order chi connectivity index (χ0) is 25.8. The van der Waals surface area contributed by atoms with E-state index in [0.717, 1.165) is 66.0 Å². The van der Waals surface area contributed by atoms with Gasteiger partial charge in [-0.3, -0.25) is 14.1 Å². The van der Waals surface area contributed by atoms with Crippen molar-refractivity contribution in [2.45, 2.75) is 59.5 Å². The van der Waals surface area contributed by atoms with E-state index in [0.29, 0.717) is 12.4 Å². The summed E-state index contributed by atoms with van der Waals surface area (Å²) < 4.78 is 5.90. The van der Waals surface area contributed by atoms with Gasteiger partial charge in [0.25, 0.3) is 0 Å². The molecular formula is C28H32N8O. The summed E-state index contributed by atoms with van der Waals surface area (Å²) in [5.74, 6) is 1.52. The summed E-state index contributed by atoms with van der Waals surface area (Å²) in [4.78, 5) is 18.3. The van der Waals surface area contributed by atoms with Crippen LogP contribution < -0.4 is 5.69 Å². The van der Waals surface area contributed by atoms with Crippen molar-refractivity contribution in [3.8, 4) is 28.3 Å². The number of imidazole rings is 1. The first-order valence-corrected chi connectivity index (χ1v) is 12.9. The maximum atomic E-state index is 13.9. The molecule has 5 aromatic rings. The Bertz CT molecular complexity index is 1500. The van der Waals surface area contributed by atoms with Gasteiger partial charge in [0.1, 0.15) is 5.82 Å². The van der Waals surface area contributed by atoms with Crippen LogP contribution in [0.4, 0.5) is 0 Å². The van der Waals surface area contributed by atoms with E-state index >= 15 is 0 Å². The molecule has 0 unspecified atom stereocenters.